The first kappa shape index (κ1) is 19.5. The Labute approximate surface area is 156 Å². The van der Waals surface area contributed by atoms with E-state index in [1.54, 1.807) is 6.92 Å². The molecule has 7 heteroatoms. The maximum atomic E-state index is 12.0. The van der Waals surface area contributed by atoms with Crippen molar-refractivity contribution >= 4 is 35.0 Å². The zero-order chi connectivity index (χ0) is 18.1. The SMILES string of the molecule is CCOC(=O)Cc1csc(SCC(=O)NC[C@@H](C)c2ccccc2)n1. The Kier molecular flexibility index (Phi) is 7.94. The summed E-state index contributed by atoms with van der Waals surface area (Å²) in [5, 5.41) is 4.78. The van der Waals surface area contributed by atoms with Crippen molar-refractivity contribution in [1.82, 2.24) is 10.3 Å². The molecule has 0 aliphatic heterocycles. The Morgan fingerprint density at radius 1 is 1.32 bits per heavy atom. The number of hydrogen-bond acceptors (Lipinski definition) is 6. The lowest BCUT2D eigenvalue weighted by Gasteiger charge is -2.12. The van der Waals surface area contributed by atoms with E-state index in [2.05, 4.69) is 29.4 Å². The van der Waals surface area contributed by atoms with Crippen LogP contribution >= 0.6 is 23.1 Å². The predicted molar refractivity (Wildman–Crippen MR) is 101 cm³/mol. The third-order valence-corrected chi connectivity index (χ3v) is 5.53. The minimum Gasteiger partial charge on any atom is -0.466 e. The van der Waals surface area contributed by atoms with E-state index in [9.17, 15) is 9.59 Å². The van der Waals surface area contributed by atoms with Crippen LogP contribution in [-0.2, 0) is 20.7 Å². The predicted octanol–water partition coefficient (Wildman–Crippen LogP) is 3.26. The summed E-state index contributed by atoms with van der Waals surface area (Å²) in [5.74, 6) is 0.284. The van der Waals surface area contributed by atoms with Gasteiger partial charge in [-0.2, -0.15) is 0 Å². The number of aromatic nitrogens is 1. The molecule has 0 spiro atoms. The Morgan fingerprint density at radius 2 is 2.08 bits per heavy atom. The van der Waals surface area contributed by atoms with Crippen molar-refractivity contribution in [3.05, 3.63) is 47.0 Å². The summed E-state index contributed by atoms with van der Waals surface area (Å²) in [6.45, 7) is 4.84. The third-order valence-electron chi connectivity index (χ3n) is 3.46. The number of hydrogen-bond donors (Lipinski definition) is 1. The van der Waals surface area contributed by atoms with E-state index in [1.165, 1.54) is 28.7 Å². The van der Waals surface area contributed by atoms with Crippen molar-refractivity contribution in [2.45, 2.75) is 30.5 Å². The fourth-order valence-corrected chi connectivity index (χ4v) is 3.82. The molecule has 0 aliphatic rings. The van der Waals surface area contributed by atoms with Crippen molar-refractivity contribution in [1.29, 1.82) is 0 Å². The monoisotopic (exact) mass is 378 g/mol. The van der Waals surface area contributed by atoms with E-state index in [0.29, 0.717) is 24.6 Å². The van der Waals surface area contributed by atoms with Gasteiger partial charge >= 0.3 is 5.97 Å². The van der Waals surface area contributed by atoms with Crippen LogP contribution in [-0.4, -0.2) is 35.8 Å². The van der Waals surface area contributed by atoms with Gasteiger partial charge in [0.05, 0.1) is 24.5 Å². The van der Waals surface area contributed by atoms with Crippen LogP contribution in [0.4, 0.5) is 0 Å². The average molecular weight is 379 g/mol. The van der Waals surface area contributed by atoms with E-state index < -0.39 is 0 Å². The molecule has 0 fully saturated rings. The van der Waals surface area contributed by atoms with Crippen molar-refractivity contribution < 1.29 is 14.3 Å². The zero-order valence-electron chi connectivity index (χ0n) is 14.4. The topological polar surface area (TPSA) is 68.3 Å². The maximum absolute atomic E-state index is 12.0. The number of carbonyl (C=O) groups is 2. The number of thiazole rings is 1. The Hall–Kier alpha value is -1.86. The van der Waals surface area contributed by atoms with E-state index in [1.807, 2.05) is 23.6 Å². The van der Waals surface area contributed by atoms with Crippen molar-refractivity contribution in [2.24, 2.45) is 0 Å². The largest absolute Gasteiger partial charge is 0.466 e. The van der Waals surface area contributed by atoms with Gasteiger partial charge in [-0.05, 0) is 18.4 Å². The van der Waals surface area contributed by atoms with Gasteiger partial charge in [0.2, 0.25) is 5.91 Å². The van der Waals surface area contributed by atoms with Gasteiger partial charge in [-0.1, -0.05) is 49.0 Å². The molecule has 2 aromatic rings. The number of benzene rings is 1. The Morgan fingerprint density at radius 3 is 2.80 bits per heavy atom. The summed E-state index contributed by atoms with van der Waals surface area (Å²) in [7, 11) is 0. The molecular weight excluding hydrogens is 356 g/mol. The molecule has 1 atom stereocenters. The molecule has 0 aliphatic carbocycles. The van der Waals surface area contributed by atoms with Crippen LogP contribution < -0.4 is 5.32 Å². The van der Waals surface area contributed by atoms with E-state index in [-0.39, 0.29) is 24.2 Å². The number of thioether (sulfide) groups is 1. The molecule has 0 bridgehead atoms. The number of amides is 1. The molecule has 134 valence electrons. The van der Waals surface area contributed by atoms with Gasteiger partial charge in [0.15, 0.2) is 4.34 Å². The first-order chi connectivity index (χ1) is 12.1. The maximum Gasteiger partial charge on any atom is 0.311 e. The fraction of sp³-hybridized carbons (Fsp3) is 0.389. The summed E-state index contributed by atoms with van der Waals surface area (Å²) in [6, 6.07) is 10.1. The average Bonchev–Trinajstić information content (AvgIpc) is 3.06. The summed E-state index contributed by atoms with van der Waals surface area (Å²) >= 11 is 2.82. The second-order valence-electron chi connectivity index (χ2n) is 5.49. The lowest BCUT2D eigenvalue weighted by atomic mass is 10.0. The van der Waals surface area contributed by atoms with Crippen molar-refractivity contribution in [2.75, 3.05) is 18.9 Å². The van der Waals surface area contributed by atoms with E-state index in [0.717, 1.165) is 4.34 Å². The van der Waals surface area contributed by atoms with Gasteiger partial charge in [0.25, 0.3) is 0 Å². The summed E-state index contributed by atoms with van der Waals surface area (Å²) < 4.78 is 5.68. The number of carbonyl (C=O) groups excluding carboxylic acids is 2. The van der Waals surface area contributed by atoms with Crippen molar-refractivity contribution in [3.63, 3.8) is 0 Å². The summed E-state index contributed by atoms with van der Waals surface area (Å²) in [4.78, 5) is 27.8. The minimum absolute atomic E-state index is 0.0186. The number of nitrogens with zero attached hydrogens (tertiary/aromatic N) is 1. The standard InChI is InChI=1S/C18H22N2O3S2/c1-3-23-17(22)9-15-11-24-18(20-15)25-12-16(21)19-10-13(2)14-7-5-4-6-8-14/h4-8,11,13H,3,9-10,12H2,1-2H3,(H,19,21)/t13-/m1/s1. The van der Waals surface area contributed by atoms with Crippen LogP contribution in [0.5, 0.6) is 0 Å². The van der Waals surface area contributed by atoms with Gasteiger partial charge in [-0.15, -0.1) is 11.3 Å². The first-order valence-electron chi connectivity index (χ1n) is 8.13. The smallest absolute Gasteiger partial charge is 0.311 e. The molecule has 0 unspecified atom stereocenters. The molecule has 1 aromatic carbocycles. The second kappa shape index (κ2) is 10.2. The fourth-order valence-electron chi connectivity index (χ4n) is 2.14. The van der Waals surface area contributed by atoms with Crippen LogP contribution in [0, 0.1) is 0 Å². The highest BCUT2D eigenvalue weighted by Crippen LogP contribution is 2.23. The van der Waals surface area contributed by atoms with Crippen LogP contribution in [0.15, 0.2) is 40.1 Å². The van der Waals surface area contributed by atoms with Crippen LogP contribution in [0.2, 0.25) is 0 Å². The summed E-state index contributed by atoms with van der Waals surface area (Å²) in [6.07, 6.45) is 0.172. The lowest BCUT2D eigenvalue weighted by molar-refractivity contribution is -0.142. The highest BCUT2D eigenvalue weighted by Gasteiger charge is 2.11. The number of rotatable bonds is 9. The molecular formula is C18H22N2O3S2. The van der Waals surface area contributed by atoms with Gasteiger partial charge in [-0.25, -0.2) is 4.98 Å². The second-order valence-corrected chi connectivity index (χ2v) is 7.57. The normalized spacial score (nSPS) is 11.8. The molecule has 0 saturated heterocycles. The van der Waals surface area contributed by atoms with Crippen molar-refractivity contribution in [3.8, 4) is 0 Å². The number of ether oxygens (including phenoxy) is 1. The molecule has 2 rings (SSSR count). The molecule has 25 heavy (non-hydrogen) atoms. The zero-order valence-corrected chi connectivity index (χ0v) is 16.0. The first-order valence-corrected chi connectivity index (χ1v) is 9.99. The highest BCUT2D eigenvalue weighted by atomic mass is 32.2. The number of esters is 1. The molecule has 1 N–H and O–H groups in total. The summed E-state index contributed by atoms with van der Waals surface area (Å²) in [5.41, 5.74) is 1.89. The third kappa shape index (κ3) is 6.88. The van der Waals surface area contributed by atoms with E-state index in [4.69, 9.17) is 4.74 Å². The Balaban J connectivity index is 1.71. The van der Waals surface area contributed by atoms with Crippen LogP contribution in [0.25, 0.3) is 0 Å². The molecule has 1 heterocycles. The number of nitrogens with one attached hydrogen (secondary N) is 1. The molecule has 0 saturated carbocycles. The van der Waals surface area contributed by atoms with Crippen LogP contribution in [0.1, 0.15) is 31.0 Å². The van der Waals surface area contributed by atoms with Gasteiger partial charge in [0.1, 0.15) is 0 Å². The van der Waals surface area contributed by atoms with Gasteiger partial charge in [0, 0.05) is 11.9 Å². The van der Waals surface area contributed by atoms with Crippen LogP contribution in [0.3, 0.4) is 0 Å². The molecule has 0 radical (unpaired) electrons. The quantitative estimate of drug-likeness (QED) is 0.536. The molecule has 1 aromatic heterocycles. The molecule has 1 amide bonds. The Bertz CT molecular complexity index is 689. The van der Waals surface area contributed by atoms with E-state index >= 15 is 0 Å². The lowest BCUT2D eigenvalue weighted by Crippen LogP contribution is -2.28. The van der Waals surface area contributed by atoms with Gasteiger partial charge in [-0.3, -0.25) is 9.59 Å². The van der Waals surface area contributed by atoms with Gasteiger partial charge < -0.3 is 10.1 Å². The minimum atomic E-state index is -0.281. The molecule has 5 nitrogen and oxygen atoms in total. The highest BCUT2D eigenvalue weighted by molar-refractivity contribution is 8.01.